The summed E-state index contributed by atoms with van der Waals surface area (Å²) in [6.07, 6.45) is 1.70. The topological polar surface area (TPSA) is 110 Å². The molecule has 2 aliphatic heterocycles. The van der Waals surface area contributed by atoms with Gasteiger partial charge < -0.3 is 14.7 Å². The maximum atomic E-state index is 11.8. The number of ether oxygens (including phenoxy) is 1. The molecule has 1 atom stereocenters. The van der Waals surface area contributed by atoms with E-state index in [9.17, 15) is 18.3 Å². The molecule has 2 aromatic rings. The molecule has 1 saturated heterocycles. The number of rotatable bonds is 3. The van der Waals surface area contributed by atoms with Gasteiger partial charge in [0.1, 0.15) is 5.60 Å². The Kier molecular flexibility index (Phi) is 4.21. The highest BCUT2D eigenvalue weighted by molar-refractivity contribution is 7.89. The second-order valence-corrected chi connectivity index (χ2v) is 8.56. The van der Waals surface area contributed by atoms with Crippen LogP contribution in [0.4, 0.5) is 5.69 Å². The number of piperidine rings is 1. The Balaban J connectivity index is 1.73. The summed E-state index contributed by atoms with van der Waals surface area (Å²) in [7, 11) is -3.98. The van der Waals surface area contributed by atoms with Gasteiger partial charge in [-0.05, 0) is 42.2 Å². The zero-order chi connectivity index (χ0) is 19.2. The van der Waals surface area contributed by atoms with E-state index in [0.29, 0.717) is 25.4 Å². The fourth-order valence-electron chi connectivity index (χ4n) is 4.09. The number of sulfonamides is 1. The average Bonchev–Trinajstić information content (AvgIpc) is 2.99. The van der Waals surface area contributed by atoms with Gasteiger partial charge in [-0.3, -0.25) is 0 Å². The number of carbonyl (C=O) groups is 1. The average molecular weight is 388 g/mol. The van der Waals surface area contributed by atoms with Gasteiger partial charge in [-0.2, -0.15) is 0 Å². The van der Waals surface area contributed by atoms with Gasteiger partial charge in [-0.1, -0.05) is 24.3 Å². The van der Waals surface area contributed by atoms with Crippen molar-refractivity contribution < 1.29 is 23.1 Å². The van der Waals surface area contributed by atoms with E-state index in [-0.39, 0.29) is 10.5 Å². The molecule has 0 amide bonds. The lowest BCUT2D eigenvalue weighted by Crippen LogP contribution is -2.46. The number of anilines is 1. The summed E-state index contributed by atoms with van der Waals surface area (Å²) < 4.78 is 29.4. The number of aromatic carboxylic acids is 1. The minimum Gasteiger partial charge on any atom is -0.478 e. The van der Waals surface area contributed by atoms with Crippen molar-refractivity contribution in [2.45, 2.75) is 29.9 Å². The molecule has 0 bridgehead atoms. The summed E-state index contributed by atoms with van der Waals surface area (Å²) >= 11 is 0. The van der Waals surface area contributed by atoms with Crippen molar-refractivity contribution in [3.05, 3.63) is 59.2 Å². The standard InChI is InChI=1S/C19H20N2O5S/c20-27(24,25)14-6-7-17(15(10-14)18(22)23)21-9-3-8-19(12-21)16-5-2-1-4-13(16)11-26-19/h1-2,4-7,10H,3,8-9,11-12H2,(H,22,23)(H2,20,24,25)/t19-/m0/s1. The zero-order valence-electron chi connectivity index (χ0n) is 14.6. The number of carboxylic acids is 1. The second-order valence-electron chi connectivity index (χ2n) is 6.99. The van der Waals surface area contributed by atoms with Crippen LogP contribution in [0.3, 0.4) is 0 Å². The Morgan fingerprint density at radius 2 is 2.00 bits per heavy atom. The minimum atomic E-state index is -3.98. The number of benzene rings is 2. The predicted molar refractivity (Wildman–Crippen MR) is 99.1 cm³/mol. The molecule has 142 valence electrons. The summed E-state index contributed by atoms with van der Waals surface area (Å²) in [6, 6.07) is 12.1. The fourth-order valence-corrected chi connectivity index (χ4v) is 4.63. The summed E-state index contributed by atoms with van der Waals surface area (Å²) in [6.45, 7) is 1.72. The lowest BCUT2D eigenvalue weighted by molar-refractivity contribution is -0.0470. The Morgan fingerprint density at radius 1 is 1.22 bits per heavy atom. The van der Waals surface area contributed by atoms with Gasteiger partial charge in [0.05, 0.1) is 29.3 Å². The number of hydrogen-bond acceptors (Lipinski definition) is 5. The monoisotopic (exact) mass is 388 g/mol. The Labute approximate surface area is 157 Å². The van der Waals surface area contributed by atoms with E-state index in [4.69, 9.17) is 9.88 Å². The minimum absolute atomic E-state index is 0.0788. The first-order valence-corrected chi connectivity index (χ1v) is 10.2. The van der Waals surface area contributed by atoms with E-state index < -0.39 is 21.6 Å². The number of hydrogen-bond donors (Lipinski definition) is 2. The third-order valence-electron chi connectivity index (χ3n) is 5.33. The number of fused-ring (bicyclic) bond motifs is 2. The van der Waals surface area contributed by atoms with Crippen LogP contribution < -0.4 is 10.0 Å². The molecular formula is C19H20N2O5S. The molecule has 4 rings (SSSR count). The van der Waals surface area contributed by atoms with Crippen LogP contribution >= 0.6 is 0 Å². The first-order chi connectivity index (χ1) is 12.8. The van der Waals surface area contributed by atoms with Gasteiger partial charge >= 0.3 is 5.97 Å². The second kappa shape index (κ2) is 6.33. The van der Waals surface area contributed by atoms with Gasteiger partial charge in [-0.15, -0.1) is 0 Å². The molecule has 0 aliphatic carbocycles. The molecule has 3 N–H and O–H groups in total. The van der Waals surface area contributed by atoms with Crippen LogP contribution in [0.1, 0.15) is 34.3 Å². The smallest absolute Gasteiger partial charge is 0.337 e. The highest BCUT2D eigenvalue weighted by Gasteiger charge is 2.43. The number of carboxylic acid groups (broad SMARTS) is 1. The molecule has 8 heteroatoms. The van der Waals surface area contributed by atoms with Crippen LogP contribution in [0.5, 0.6) is 0 Å². The molecule has 1 spiro atoms. The van der Waals surface area contributed by atoms with Gasteiger partial charge in [0.15, 0.2) is 0 Å². The summed E-state index contributed by atoms with van der Waals surface area (Å²) in [4.78, 5) is 13.5. The lowest BCUT2D eigenvalue weighted by Gasteiger charge is -2.42. The predicted octanol–water partition coefficient (Wildman–Crippen LogP) is 2.06. The van der Waals surface area contributed by atoms with Crippen LogP contribution in [0.15, 0.2) is 47.4 Å². The quantitative estimate of drug-likeness (QED) is 0.833. The van der Waals surface area contributed by atoms with Gasteiger partial charge in [0.25, 0.3) is 0 Å². The van der Waals surface area contributed by atoms with Crippen molar-refractivity contribution in [1.82, 2.24) is 0 Å². The third-order valence-corrected chi connectivity index (χ3v) is 6.25. The Morgan fingerprint density at radius 3 is 2.74 bits per heavy atom. The molecule has 0 unspecified atom stereocenters. The Bertz CT molecular complexity index is 1020. The van der Waals surface area contributed by atoms with Crippen molar-refractivity contribution in [2.24, 2.45) is 5.14 Å². The van der Waals surface area contributed by atoms with Crippen LogP contribution in [0, 0.1) is 0 Å². The molecule has 1 fully saturated rings. The third kappa shape index (κ3) is 3.09. The maximum absolute atomic E-state index is 11.8. The van der Waals surface area contributed by atoms with E-state index >= 15 is 0 Å². The first-order valence-electron chi connectivity index (χ1n) is 8.68. The van der Waals surface area contributed by atoms with Crippen molar-refractivity contribution in [2.75, 3.05) is 18.0 Å². The van der Waals surface area contributed by atoms with Crippen LogP contribution in [0.2, 0.25) is 0 Å². The maximum Gasteiger partial charge on any atom is 0.337 e. The Hall–Kier alpha value is -2.42. The molecule has 27 heavy (non-hydrogen) atoms. The highest BCUT2D eigenvalue weighted by Crippen LogP contribution is 2.44. The van der Waals surface area contributed by atoms with E-state index in [0.717, 1.165) is 30.0 Å². The molecule has 2 aromatic carbocycles. The summed E-state index contributed by atoms with van der Waals surface area (Å²) in [5.41, 5.74) is 2.23. The van der Waals surface area contributed by atoms with E-state index in [1.807, 2.05) is 23.1 Å². The molecule has 0 radical (unpaired) electrons. The van der Waals surface area contributed by atoms with Crippen LogP contribution in [-0.4, -0.2) is 32.6 Å². The zero-order valence-corrected chi connectivity index (χ0v) is 15.4. The summed E-state index contributed by atoms with van der Waals surface area (Å²) in [5.74, 6) is -1.19. The fraction of sp³-hybridized carbons (Fsp3) is 0.316. The molecule has 0 saturated carbocycles. The van der Waals surface area contributed by atoms with Crippen molar-refractivity contribution in [3.63, 3.8) is 0 Å². The van der Waals surface area contributed by atoms with Gasteiger partial charge in [0, 0.05) is 6.54 Å². The number of primary sulfonamides is 1. The van der Waals surface area contributed by atoms with Gasteiger partial charge in [0.2, 0.25) is 10.0 Å². The van der Waals surface area contributed by atoms with Crippen molar-refractivity contribution in [1.29, 1.82) is 0 Å². The van der Waals surface area contributed by atoms with Crippen molar-refractivity contribution >= 4 is 21.7 Å². The van der Waals surface area contributed by atoms with Crippen molar-refractivity contribution in [3.8, 4) is 0 Å². The largest absolute Gasteiger partial charge is 0.478 e. The highest BCUT2D eigenvalue weighted by atomic mass is 32.2. The van der Waals surface area contributed by atoms with Crippen LogP contribution in [0.25, 0.3) is 0 Å². The van der Waals surface area contributed by atoms with Crippen LogP contribution in [-0.2, 0) is 27.0 Å². The number of nitrogens with two attached hydrogens (primary N) is 1. The molecule has 7 nitrogen and oxygen atoms in total. The lowest BCUT2D eigenvalue weighted by atomic mass is 9.84. The van der Waals surface area contributed by atoms with E-state index in [2.05, 4.69) is 6.07 Å². The SMILES string of the molecule is NS(=O)(=O)c1ccc(N2CCC[C@@]3(C2)OCc2ccccc23)c(C(=O)O)c1. The first kappa shape index (κ1) is 18.0. The molecular weight excluding hydrogens is 368 g/mol. The summed E-state index contributed by atoms with van der Waals surface area (Å²) in [5, 5.41) is 14.8. The molecule has 0 aromatic heterocycles. The number of nitrogens with zero attached hydrogens (tertiary/aromatic N) is 1. The van der Waals surface area contributed by atoms with E-state index in [1.165, 1.54) is 12.1 Å². The molecule has 2 heterocycles. The van der Waals surface area contributed by atoms with Gasteiger partial charge in [-0.25, -0.2) is 18.4 Å². The molecule has 2 aliphatic rings. The van der Waals surface area contributed by atoms with E-state index in [1.54, 1.807) is 0 Å². The normalized spacial score (nSPS) is 22.0.